The van der Waals surface area contributed by atoms with E-state index in [1.165, 1.54) is 5.56 Å². The molecule has 7 heteroatoms. The van der Waals surface area contributed by atoms with Gasteiger partial charge in [0.15, 0.2) is 11.8 Å². The summed E-state index contributed by atoms with van der Waals surface area (Å²) >= 11 is 0. The van der Waals surface area contributed by atoms with Crippen LogP contribution in [0.15, 0.2) is 65.9 Å². The van der Waals surface area contributed by atoms with Gasteiger partial charge in [-0.05, 0) is 43.7 Å². The van der Waals surface area contributed by atoms with Crippen molar-refractivity contribution in [2.75, 3.05) is 13.6 Å². The Morgan fingerprint density at radius 3 is 2.71 bits per heavy atom. The number of benzene rings is 2. The van der Waals surface area contributed by atoms with Crippen molar-refractivity contribution >= 4 is 5.96 Å². The summed E-state index contributed by atoms with van der Waals surface area (Å²) < 4.78 is 7.89. The van der Waals surface area contributed by atoms with Crippen LogP contribution in [0.5, 0.6) is 5.75 Å². The third kappa shape index (κ3) is 5.33. The van der Waals surface area contributed by atoms with Crippen LogP contribution in [0.25, 0.3) is 5.69 Å². The molecule has 0 aliphatic carbocycles. The minimum atomic E-state index is -0.00618. The molecule has 0 radical (unpaired) electrons. The van der Waals surface area contributed by atoms with E-state index in [4.69, 9.17) is 4.74 Å². The van der Waals surface area contributed by atoms with Gasteiger partial charge in [0.05, 0.1) is 13.1 Å². The molecule has 0 fully saturated rings. The minimum absolute atomic E-state index is 0.00618. The minimum Gasteiger partial charge on any atom is -0.489 e. The fraction of sp³-hybridized carbons (Fsp3) is 0.286. The van der Waals surface area contributed by atoms with Gasteiger partial charge in [-0.3, -0.25) is 9.56 Å². The molecule has 3 aromatic rings. The molecular formula is C21H26N6O. The van der Waals surface area contributed by atoms with Crippen molar-refractivity contribution in [3.05, 3.63) is 72.3 Å². The van der Waals surface area contributed by atoms with Crippen molar-refractivity contribution in [3.63, 3.8) is 0 Å². The van der Waals surface area contributed by atoms with Crippen LogP contribution in [0.1, 0.15) is 18.3 Å². The van der Waals surface area contributed by atoms with Gasteiger partial charge in [-0.15, -0.1) is 10.2 Å². The number of para-hydroxylation sites is 1. The summed E-state index contributed by atoms with van der Waals surface area (Å²) in [6.07, 6.45) is 1.70. The largest absolute Gasteiger partial charge is 0.489 e. The van der Waals surface area contributed by atoms with Gasteiger partial charge in [0.1, 0.15) is 18.2 Å². The molecule has 3 rings (SSSR count). The van der Waals surface area contributed by atoms with E-state index >= 15 is 0 Å². The Morgan fingerprint density at radius 1 is 1.14 bits per heavy atom. The molecule has 0 aliphatic heterocycles. The molecule has 1 atom stereocenters. The summed E-state index contributed by atoms with van der Waals surface area (Å²) in [5.74, 6) is 2.36. The first kappa shape index (κ1) is 19.4. The fourth-order valence-electron chi connectivity index (χ4n) is 2.77. The Hall–Kier alpha value is -3.35. The lowest BCUT2D eigenvalue weighted by Crippen LogP contribution is -2.41. The number of hydrogen-bond donors (Lipinski definition) is 2. The molecule has 0 aliphatic rings. The lowest BCUT2D eigenvalue weighted by molar-refractivity contribution is 0.223. The summed E-state index contributed by atoms with van der Waals surface area (Å²) in [4.78, 5) is 4.26. The van der Waals surface area contributed by atoms with Gasteiger partial charge in [0, 0.05) is 12.7 Å². The monoisotopic (exact) mass is 378 g/mol. The van der Waals surface area contributed by atoms with Gasteiger partial charge in [-0.1, -0.05) is 30.3 Å². The predicted octanol–water partition coefficient (Wildman–Crippen LogP) is 2.71. The Bertz CT molecular complexity index is 906. The van der Waals surface area contributed by atoms with Crippen LogP contribution in [0.2, 0.25) is 0 Å². The van der Waals surface area contributed by atoms with Crippen molar-refractivity contribution < 1.29 is 4.74 Å². The van der Waals surface area contributed by atoms with E-state index < -0.39 is 0 Å². The van der Waals surface area contributed by atoms with Gasteiger partial charge in [-0.25, -0.2) is 0 Å². The molecule has 1 heterocycles. The zero-order valence-electron chi connectivity index (χ0n) is 16.5. The molecule has 28 heavy (non-hydrogen) atoms. The topological polar surface area (TPSA) is 76.4 Å². The predicted molar refractivity (Wildman–Crippen MR) is 111 cm³/mol. The summed E-state index contributed by atoms with van der Waals surface area (Å²) in [6.45, 7) is 5.20. The zero-order valence-corrected chi connectivity index (χ0v) is 16.5. The van der Waals surface area contributed by atoms with E-state index in [1.807, 2.05) is 60.0 Å². The number of ether oxygens (including phenoxy) is 1. The highest BCUT2D eigenvalue weighted by Gasteiger charge is 2.09. The van der Waals surface area contributed by atoms with E-state index in [0.717, 1.165) is 17.3 Å². The highest BCUT2D eigenvalue weighted by atomic mass is 16.5. The van der Waals surface area contributed by atoms with E-state index in [1.54, 1.807) is 13.4 Å². The molecule has 0 bridgehead atoms. The van der Waals surface area contributed by atoms with E-state index in [9.17, 15) is 0 Å². The summed E-state index contributed by atoms with van der Waals surface area (Å²) in [5, 5.41) is 14.8. The molecule has 1 aromatic heterocycles. The number of guanidine groups is 1. The Kier molecular flexibility index (Phi) is 6.62. The van der Waals surface area contributed by atoms with E-state index in [2.05, 4.69) is 38.8 Å². The number of aryl methyl sites for hydroxylation is 1. The number of rotatable bonds is 7. The van der Waals surface area contributed by atoms with E-state index in [0.29, 0.717) is 19.0 Å². The van der Waals surface area contributed by atoms with Crippen molar-refractivity contribution in [2.24, 2.45) is 4.99 Å². The van der Waals surface area contributed by atoms with Crippen LogP contribution in [0, 0.1) is 6.92 Å². The van der Waals surface area contributed by atoms with Crippen LogP contribution in [0.4, 0.5) is 0 Å². The molecule has 0 saturated heterocycles. The first-order valence-corrected chi connectivity index (χ1v) is 9.28. The first-order chi connectivity index (χ1) is 13.7. The van der Waals surface area contributed by atoms with Crippen molar-refractivity contribution in [1.29, 1.82) is 0 Å². The van der Waals surface area contributed by atoms with Crippen LogP contribution in [-0.2, 0) is 6.54 Å². The van der Waals surface area contributed by atoms with Crippen LogP contribution in [0.3, 0.4) is 0 Å². The van der Waals surface area contributed by atoms with Crippen molar-refractivity contribution in [1.82, 2.24) is 25.4 Å². The quantitative estimate of drug-likeness (QED) is 0.488. The first-order valence-electron chi connectivity index (χ1n) is 9.28. The second-order valence-corrected chi connectivity index (χ2v) is 6.50. The Balaban J connectivity index is 1.51. The maximum absolute atomic E-state index is 5.95. The lowest BCUT2D eigenvalue weighted by Gasteiger charge is -2.18. The molecule has 0 spiro atoms. The van der Waals surface area contributed by atoms with Crippen LogP contribution < -0.4 is 15.4 Å². The number of hydrogen-bond acceptors (Lipinski definition) is 4. The Morgan fingerprint density at radius 2 is 1.96 bits per heavy atom. The SMILES string of the molecule is CN=C(NCc1nncn1-c1ccccc1)NCC(C)Oc1cccc(C)c1. The average Bonchev–Trinajstić information content (AvgIpc) is 3.17. The third-order valence-electron chi connectivity index (χ3n) is 4.17. The zero-order chi connectivity index (χ0) is 19.8. The smallest absolute Gasteiger partial charge is 0.191 e. The summed E-state index contributed by atoms with van der Waals surface area (Å²) in [5.41, 5.74) is 2.20. The molecule has 7 nitrogen and oxygen atoms in total. The summed E-state index contributed by atoms with van der Waals surface area (Å²) in [6, 6.07) is 18.0. The van der Waals surface area contributed by atoms with E-state index in [-0.39, 0.29) is 6.10 Å². The second-order valence-electron chi connectivity index (χ2n) is 6.50. The molecule has 1 unspecified atom stereocenters. The van der Waals surface area contributed by atoms with Crippen LogP contribution in [-0.4, -0.2) is 40.4 Å². The van der Waals surface area contributed by atoms with Crippen molar-refractivity contribution in [2.45, 2.75) is 26.5 Å². The highest BCUT2D eigenvalue weighted by molar-refractivity contribution is 5.79. The second kappa shape index (κ2) is 9.55. The molecule has 146 valence electrons. The molecule has 0 saturated carbocycles. The normalized spacial score (nSPS) is 12.5. The number of aromatic nitrogens is 3. The highest BCUT2D eigenvalue weighted by Crippen LogP contribution is 2.14. The molecular weight excluding hydrogens is 352 g/mol. The lowest BCUT2D eigenvalue weighted by atomic mass is 10.2. The maximum atomic E-state index is 5.95. The number of nitrogens with zero attached hydrogens (tertiary/aromatic N) is 4. The Labute approximate surface area is 165 Å². The van der Waals surface area contributed by atoms with Gasteiger partial charge in [0.25, 0.3) is 0 Å². The third-order valence-corrected chi connectivity index (χ3v) is 4.17. The fourth-order valence-corrected chi connectivity index (χ4v) is 2.77. The van der Waals surface area contributed by atoms with Gasteiger partial charge < -0.3 is 15.4 Å². The van der Waals surface area contributed by atoms with Gasteiger partial charge in [0.2, 0.25) is 0 Å². The van der Waals surface area contributed by atoms with Crippen LogP contribution >= 0.6 is 0 Å². The number of aliphatic imine (C=N–C) groups is 1. The van der Waals surface area contributed by atoms with Gasteiger partial charge >= 0.3 is 0 Å². The molecule has 0 amide bonds. The number of nitrogens with one attached hydrogen (secondary N) is 2. The standard InChI is InChI=1S/C21H26N6O/c1-16-8-7-11-19(12-16)28-17(2)13-23-21(22-3)24-14-20-26-25-15-27(20)18-9-5-4-6-10-18/h4-12,15,17H,13-14H2,1-3H3,(H2,22,23,24). The molecule has 2 N–H and O–H groups in total. The van der Waals surface area contributed by atoms with Crippen molar-refractivity contribution in [3.8, 4) is 11.4 Å². The summed E-state index contributed by atoms with van der Waals surface area (Å²) in [7, 11) is 1.74. The maximum Gasteiger partial charge on any atom is 0.191 e. The van der Waals surface area contributed by atoms with Gasteiger partial charge in [-0.2, -0.15) is 0 Å². The molecule has 2 aromatic carbocycles. The average molecular weight is 378 g/mol.